The number of ether oxygens (including phenoxy) is 2. The lowest BCUT2D eigenvalue weighted by molar-refractivity contribution is 0.410. The van der Waals surface area contributed by atoms with Crippen LogP contribution in [0.3, 0.4) is 0 Å². The smallest absolute Gasteiger partial charge is 0.167 e. The molecule has 0 bridgehead atoms. The van der Waals surface area contributed by atoms with Gasteiger partial charge in [0.25, 0.3) is 0 Å². The summed E-state index contributed by atoms with van der Waals surface area (Å²) < 4.78 is 24.3. The standard InChI is InChI=1S/C14H12BrFO2/c1-17-11-5-7-12(8-6-11)18-14-10(9-15)3-2-4-13(14)16/h2-8H,9H2,1H3. The van der Waals surface area contributed by atoms with Gasteiger partial charge < -0.3 is 9.47 Å². The third-order valence-corrected chi connectivity index (χ3v) is 3.08. The van der Waals surface area contributed by atoms with Gasteiger partial charge in [0.05, 0.1) is 7.11 Å². The normalized spacial score (nSPS) is 10.2. The Morgan fingerprint density at radius 2 is 1.72 bits per heavy atom. The van der Waals surface area contributed by atoms with Gasteiger partial charge in [0.15, 0.2) is 11.6 Å². The first-order chi connectivity index (χ1) is 8.74. The van der Waals surface area contributed by atoms with Gasteiger partial charge in [0.2, 0.25) is 0 Å². The van der Waals surface area contributed by atoms with E-state index in [0.29, 0.717) is 11.1 Å². The van der Waals surface area contributed by atoms with Crippen LogP contribution in [0.15, 0.2) is 42.5 Å². The molecular formula is C14H12BrFO2. The summed E-state index contributed by atoms with van der Waals surface area (Å²) >= 11 is 3.31. The zero-order chi connectivity index (χ0) is 13.0. The lowest BCUT2D eigenvalue weighted by Crippen LogP contribution is -1.93. The Morgan fingerprint density at radius 3 is 2.33 bits per heavy atom. The number of methoxy groups -OCH3 is 1. The molecule has 94 valence electrons. The van der Waals surface area contributed by atoms with Crippen molar-refractivity contribution in [3.8, 4) is 17.2 Å². The lowest BCUT2D eigenvalue weighted by atomic mass is 10.2. The van der Waals surface area contributed by atoms with Crippen LogP contribution in [0.1, 0.15) is 5.56 Å². The summed E-state index contributed by atoms with van der Waals surface area (Å²) in [7, 11) is 1.59. The van der Waals surface area contributed by atoms with E-state index < -0.39 is 0 Å². The molecule has 0 aliphatic rings. The van der Waals surface area contributed by atoms with Crippen molar-refractivity contribution in [2.45, 2.75) is 5.33 Å². The molecule has 0 spiro atoms. The third-order valence-electron chi connectivity index (χ3n) is 2.47. The predicted molar refractivity (Wildman–Crippen MR) is 72.1 cm³/mol. The molecule has 2 aromatic carbocycles. The molecule has 4 heteroatoms. The number of alkyl halides is 1. The second kappa shape index (κ2) is 5.87. The van der Waals surface area contributed by atoms with E-state index in [4.69, 9.17) is 9.47 Å². The van der Waals surface area contributed by atoms with Gasteiger partial charge in [-0.15, -0.1) is 0 Å². The van der Waals surface area contributed by atoms with Crippen molar-refractivity contribution in [1.82, 2.24) is 0 Å². The van der Waals surface area contributed by atoms with E-state index in [1.54, 1.807) is 37.4 Å². The van der Waals surface area contributed by atoms with Crippen LogP contribution < -0.4 is 9.47 Å². The van der Waals surface area contributed by atoms with Crippen molar-refractivity contribution >= 4 is 15.9 Å². The molecule has 0 aliphatic carbocycles. The van der Waals surface area contributed by atoms with Gasteiger partial charge in [-0.3, -0.25) is 0 Å². The Hall–Kier alpha value is -1.55. The molecule has 2 aromatic rings. The van der Waals surface area contributed by atoms with Crippen molar-refractivity contribution in [2.24, 2.45) is 0 Å². The maximum atomic E-state index is 13.7. The molecule has 0 saturated carbocycles. The summed E-state index contributed by atoms with van der Waals surface area (Å²) in [6, 6.07) is 11.9. The minimum absolute atomic E-state index is 0.250. The van der Waals surface area contributed by atoms with E-state index in [2.05, 4.69) is 15.9 Å². The van der Waals surface area contributed by atoms with Crippen molar-refractivity contribution in [3.05, 3.63) is 53.8 Å². The maximum Gasteiger partial charge on any atom is 0.167 e. The second-order valence-corrected chi connectivity index (χ2v) is 4.20. The second-order valence-electron chi connectivity index (χ2n) is 3.64. The van der Waals surface area contributed by atoms with E-state index in [9.17, 15) is 4.39 Å². The summed E-state index contributed by atoms with van der Waals surface area (Å²) in [5, 5.41) is 0.538. The number of hydrogen-bond acceptors (Lipinski definition) is 2. The molecule has 0 aliphatic heterocycles. The first-order valence-corrected chi connectivity index (χ1v) is 6.52. The Labute approximate surface area is 113 Å². The maximum absolute atomic E-state index is 13.7. The Kier molecular flexibility index (Phi) is 4.20. The van der Waals surface area contributed by atoms with Gasteiger partial charge in [-0.1, -0.05) is 28.1 Å². The quantitative estimate of drug-likeness (QED) is 0.773. The number of halogens is 2. The largest absolute Gasteiger partial charge is 0.497 e. The van der Waals surface area contributed by atoms with Crippen LogP contribution in [0.2, 0.25) is 0 Å². The molecule has 0 N–H and O–H groups in total. The third kappa shape index (κ3) is 2.82. The summed E-state index contributed by atoms with van der Waals surface area (Å²) in [5.41, 5.74) is 0.769. The molecule has 2 nitrogen and oxygen atoms in total. The molecule has 0 unspecified atom stereocenters. The summed E-state index contributed by atoms with van der Waals surface area (Å²) in [6.45, 7) is 0. The highest BCUT2D eigenvalue weighted by molar-refractivity contribution is 9.08. The van der Waals surface area contributed by atoms with Crippen LogP contribution in [-0.4, -0.2) is 7.11 Å². The van der Waals surface area contributed by atoms with Gasteiger partial charge in [-0.2, -0.15) is 0 Å². The molecule has 0 fully saturated rings. The fraction of sp³-hybridized carbons (Fsp3) is 0.143. The molecule has 2 rings (SSSR count). The van der Waals surface area contributed by atoms with Gasteiger partial charge >= 0.3 is 0 Å². The number of hydrogen-bond donors (Lipinski definition) is 0. The van der Waals surface area contributed by atoms with Gasteiger partial charge in [-0.05, 0) is 30.3 Å². The predicted octanol–water partition coefficient (Wildman–Crippen LogP) is 4.52. The zero-order valence-corrected chi connectivity index (χ0v) is 11.4. The highest BCUT2D eigenvalue weighted by Gasteiger charge is 2.10. The Morgan fingerprint density at radius 1 is 1.06 bits per heavy atom. The van der Waals surface area contributed by atoms with E-state index in [0.717, 1.165) is 11.3 Å². The van der Waals surface area contributed by atoms with E-state index >= 15 is 0 Å². The topological polar surface area (TPSA) is 18.5 Å². The SMILES string of the molecule is COc1ccc(Oc2c(F)cccc2CBr)cc1. The van der Waals surface area contributed by atoms with E-state index in [1.165, 1.54) is 6.07 Å². The molecule has 0 aromatic heterocycles. The summed E-state index contributed by atoms with van der Waals surface area (Å²) in [5.74, 6) is 1.18. The van der Waals surface area contributed by atoms with Gasteiger partial charge in [0, 0.05) is 10.9 Å². The molecule has 0 heterocycles. The highest BCUT2D eigenvalue weighted by Crippen LogP contribution is 2.30. The first kappa shape index (κ1) is 12.9. The molecule has 0 amide bonds. The first-order valence-electron chi connectivity index (χ1n) is 5.40. The number of benzene rings is 2. The van der Waals surface area contributed by atoms with Gasteiger partial charge in [0.1, 0.15) is 11.5 Å². The van der Waals surface area contributed by atoms with E-state index in [-0.39, 0.29) is 11.6 Å². The molecular weight excluding hydrogens is 299 g/mol. The van der Waals surface area contributed by atoms with Crippen LogP contribution in [-0.2, 0) is 5.33 Å². The molecule has 0 atom stereocenters. The fourth-order valence-electron chi connectivity index (χ4n) is 1.53. The Bertz CT molecular complexity index is 526. The minimum Gasteiger partial charge on any atom is -0.497 e. The van der Waals surface area contributed by atoms with Crippen molar-refractivity contribution in [3.63, 3.8) is 0 Å². The lowest BCUT2D eigenvalue weighted by Gasteiger charge is -2.10. The van der Waals surface area contributed by atoms with Crippen molar-refractivity contribution < 1.29 is 13.9 Å². The van der Waals surface area contributed by atoms with Gasteiger partial charge in [-0.25, -0.2) is 4.39 Å². The summed E-state index contributed by atoms with van der Waals surface area (Å²) in [6.07, 6.45) is 0. The van der Waals surface area contributed by atoms with Crippen LogP contribution in [0.25, 0.3) is 0 Å². The van der Waals surface area contributed by atoms with Crippen molar-refractivity contribution in [2.75, 3.05) is 7.11 Å². The monoisotopic (exact) mass is 310 g/mol. The van der Waals surface area contributed by atoms with Crippen molar-refractivity contribution in [1.29, 1.82) is 0 Å². The van der Waals surface area contributed by atoms with E-state index in [1.807, 2.05) is 6.07 Å². The van der Waals surface area contributed by atoms with Crippen LogP contribution in [0, 0.1) is 5.82 Å². The van der Waals surface area contributed by atoms with Crippen LogP contribution in [0.4, 0.5) is 4.39 Å². The number of rotatable bonds is 4. The fourth-order valence-corrected chi connectivity index (χ4v) is 1.98. The number of para-hydroxylation sites is 1. The van der Waals surface area contributed by atoms with Crippen LogP contribution in [0.5, 0.6) is 17.2 Å². The Balaban J connectivity index is 2.27. The average Bonchev–Trinajstić information content (AvgIpc) is 2.42. The minimum atomic E-state index is -0.372. The summed E-state index contributed by atoms with van der Waals surface area (Å²) in [4.78, 5) is 0. The van der Waals surface area contributed by atoms with Crippen LogP contribution >= 0.6 is 15.9 Å². The molecule has 18 heavy (non-hydrogen) atoms. The zero-order valence-electron chi connectivity index (χ0n) is 9.82. The molecule has 0 saturated heterocycles. The average molecular weight is 311 g/mol. The molecule has 0 radical (unpaired) electrons. The highest BCUT2D eigenvalue weighted by atomic mass is 79.9.